The van der Waals surface area contributed by atoms with Gasteiger partial charge >= 0.3 is 6.09 Å². The number of carbonyl (C=O) groups is 2. The quantitative estimate of drug-likeness (QED) is 0.885. The zero-order valence-electron chi connectivity index (χ0n) is 15.7. The molecule has 28 heavy (non-hydrogen) atoms. The van der Waals surface area contributed by atoms with Gasteiger partial charge < -0.3 is 14.8 Å². The van der Waals surface area contributed by atoms with Gasteiger partial charge in [0.2, 0.25) is 5.91 Å². The first-order valence-electron chi connectivity index (χ1n) is 9.65. The molecule has 2 aromatic carbocycles. The lowest BCUT2D eigenvalue weighted by atomic mass is 9.87. The Morgan fingerprint density at radius 3 is 2.75 bits per heavy atom. The lowest BCUT2D eigenvalue weighted by molar-refractivity contribution is -0.125. The fraction of sp³-hybridized carbons (Fsp3) is 0.364. The van der Waals surface area contributed by atoms with Crippen LogP contribution in [0.25, 0.3) is 0 Å². The van der Waals surface area contributed by atoms with E-state index in [9.17, 15) is 9.59 Å². The summed E-state index contributed by atoms with van der Waals surface area (Å²) >= 11 is 0. The molecule has 1 heterocycles. The number of ether oxygens (including phenoxy) is 2. The summed E-state index contributed by atoms with van der Waals surface area (Å²) in [5, 5.41) is 3.11. The van der Waals surface area contributed by atoms with Crippen LogP contribution in [-0.2, 0) is 27.3 Å². The van der Waals surface area contributed by atoms with E-state index in [0.717, 1.165) is 24.8 Å². The molecule has 0 radical (unpaired) electrons. The number of hydrogen-bond donors (Lipinski definition) is 1. The molecule has 146 valence electrons. The predicted octanol–water partition coefficient (Wildman–Crippen LogP) is 3.18. The Balaban J connectivity index is 1.38. The normalized spacial score (nSPS) is 21.1. The Bertz CT molecular complexity index is 839. The summed E-state index contributed by atoms with van der Waals surface area (Å²) in [6.45, 7) is 0.411. The van der Waals surface area contributed by atoms with Gasteiger partial charge in [0.15, 0.2) is 0 Å². The van der Waals surface area contributed by atoms with Crippen LogP contribution in [0.4, 0.5) is 4.79 Å². The Morgan fingerprint density at radius 1 is 1.11 bits per heavy atom. The summed E-state index contributed by atoms with van der Waals surface area (Å²) < 4.78 is 10.8. The van der Waals surface area contributed by atoms with Crippen molar-refractivity contribution >= 4 is 12.0 Å². The minimum Gasteiger partial charge on any atom is -0.444 e. The first kappa shape index (κ1) is 18.5. The van der Waals surface area contributed by atoms with E-state index in [4.69, 9.17) is 9.47 Å². The van der Waals surface area contributed by atoms with Gasteiger partial charge in [0.1, 0.15) is 19.4 Å². The maximum Gasteiger partial charge on any atom is 0.412 e. The molecule has 0 bridgehead atoms. The van der Waals surface area contributed by atoms with E-state index in [1.165, 1.54) is 16.0 Å². The second-order valence-corrected chi connectivity index (χ2v) is 7.18. The molecular weight excluding hydrogens is 356 g/mol. The third-order valence-electron chi connectivity index (χ3n) is 5.31. The van der Waals surface area contributed by atoms with Crippen molar-refractivity contribution in [3.05, 3.63) is 71.3 Å². The molecule has 1 aliphatic heterocycles. The second-order valence-electron chi connectivity index (χ2n) is 7.18. The fourth-order valence-corrected chi connectivity index (χ4v) is 3.81. The number of hydrogen-bond acceptors (Lipinski definition) is 4. The van der Waals surface area contributed by atoms with E-state index >= 15 is 0 Å². The minimum atomic E-state index is -0.669. The van der Waals surface area contributed by atoms with Crippen LogP contribution in [0.3, 0.4) is 0 Å². The Hall–Kier alpha value is -2.86. The maximum absolute atomic E-state index is 12.9. The number of carbonyl (C=O) groups excluding carboxylic acids is 2. The summed E-state index contributed by atoms with van der Waals surface area (Å²) in [6, 6.07) is 17.0. The van der Waals surface area contributed by atoms with Crippen LogP contribution >= 0.6 is 0 Å². The van der Waals surface area contributed by atoms with Gasteiger partial charge in [0, 0.05) is 0 Å². The molecule has 1 fully saturated rings. The van der Waals surface area contributed by atoms with E-state index < -0.39 is 12.1 Å². The predicted molar refractivity (Wildman–Crippen MR) is 103 cm³/mol. The molecule has 6 heteroatoms. The summed E-state index contributed by atoms with van der Waals surface area (Å²) in [7, 11) is 0. The van der Waals surface area contributed by atoms with E-state index in [-0.39, 0.29) is 31.9 Å². The first-order valence-corrected chi connectivity index (χ1v) is 9.65. The number of nitrogens with zero attached hydrogens (tertiary/aromatic N) is 1. The summed E-state index contributed by atoms with van der Waals surface area (Å²) in [6.07, 6.45) is 2.43. The molecule has 1 N–H and O–H groups in total. The van der Waals surface area contributed by atoms with Crippen molar-refractivity contribution in [2.24, 2.45) is 0 Å². The van der Waals surface area contributed by atoms with Crippen LogP contribution < -0.4 is 5.32 Å². The number of nitrogens with one attached hydrogen (secondary N) is 1. The smallest absolute Gasteiger partial charge is 0.412 e. The molecule has 0 saturated carbocycles. The van der Waals surface area contributed by atoms with E-state index in [1.807, 2.05) is 42.5 Å². The molecule has 4 rings (SSSR count). The van der Waals surface area contributed by atoms with E-state index in [0.29, 0.717) is 0 Å². The maximum atomic E-state index is 12.9. The Labute approximate surface area is 164 Å². The second kappa shape index (κ2) is 8.44. The number of benzene rings is 2. The zero-order chi connectivity index (χ0) is 19.3. The highest BCUT2D eigenvalue weighted by atomic mass is 16.6. The van der Waals surface area contributed by atoms with Crippen molar-refractivity contribution in [3.63, 3.8) is 0 Å². The molecule has 1 aliphatic carbocycles. The van der Waals surface area contributed by atoms with Gasteiger partial charge in [-0.1, -0.05) is 54.6 Å². The Kier molecular flexibility index (Phi) is 5.58. The summed E-state index contributed by atoms with van der Waals surface area (Å²) in [4.78, 5) is 26.7. The zero-order valence-corrected chi connectivity index (χ0v) is 15.7. The third-order valence-corrected chi connectivity index (χ3v) is 5.31. The van der Waals surface area contributed by atoms with Gasteiger partial charge in [-0.3, -0.25) is 9.69 Å². The van der Waals surface area contributed by atoms with Crippen LogP contribution in [0.1, 0.15) is 35.6 Å². The highest BCUT2D eigenvalue weighted by molar-refractivity contribution is 5.86. The largest absolute Gasteiger partial charge is 0.444 e. The van der Waals surface area contributed by atoms with Gasteiger partial charge in [-0.2, -0.15) is 0 Å². The lowest BCUT2D eigenvalue weighted by Crippen LogP contribution is -2.48. The highest BCUT2D eigenvalue weighted by Gasteiger charge is 2.37. The monoisotopic (exact) mass is 380 g/mol. The van der Waals surface area contributed by atoms with Gasteiger partial charge in [-0.25, -0.2) is 4.79 Å². The first-order chi connectivity index (χ1) is 13.7. The molecule has 2 aliphatic rings. The molecular formula is C22H24N2O4. The van der Waals surface area contributed by atoms with Gasteiger partial charge in [-0.05, 0) is 36.0 Å². The van der Waals surface area contributed by atoms with Gasteiger partial charge in [0.05, 0.1) is 12.6 Å². The van der Waals surface area contributed by atoms with Crippen LogP contribution in [-0.4, -0.2) is 36.3 Å². The van der Waals surface area contributed by atoms with Crippen LogP contribution in [0.5, 0.6) is 0 Å². The molecule has 2 unspecified atom stereocenters. The van der Waals surface area contributed by atoms with Crippen LogP contribution in [0, 0.1) is 0 Å². The van der Waals surface area contributed by atoms with E-state index in [1.54, 1.807) is 0 Å². The van der Waals surface area contributed by atoms with Gasteiger partial charge in [0.25, 0.3) is 0 Å². The average Bonchev–Trinajstić information content (AvgIpc) is 3.23. The SMILES string of the molecule is O=C(NC1CCCc2ccccc21)C1COCN1C(=O)OCc1ccccc1. The number of aryl methyl sites for hydroxylation is 1. The topological polar surface area (TPSA) is 67.9 Å². The highest BCUT2D eigenvalue weighted by Crippen LogP contribution is 2.29. The van der Waals surface area contributed by atoms with Crippen molar-refractivity contribution < 1.29 is 19.1 Å². The Morgan fingerprint density at radius 2 is 1.89 bits per heavy atom. The standard InChI is InChI=1S/C22H24N2O4/c25-21(23-19-12-6-10-17-9-4-5-11-18(17)19)20-14-27-15-24(20)22(26)28-13-16-7-2-1-3-8-16/h1-5,7-9,11,19-20H,6,10,12-15H2,(H,23,25). The van der Waals surface area contributed by atoms with Gasteiger partial charge in [-0.15, -0.1) is 0 Å². The summed E-state index contributed by atoms with van der Waals surface area (Å²) in [5.74, 6) is -0.198. The molecule has 6 nitrogen and oxygen atoms in total. The van der Waals surface area contributed by atoms with Crippen molar-refractivity contribution in [2.75, 3.05) is 13.3 Å². The lowest BCUT2D eigenvalue weighted by Gasteiger charge is -2.28. The molecule has 0 aromatic heterocycles. The molecule has 2 amide bonds. The minimum absolute atomic E-state index is 0.0276. The van der Waals surface area contributed by atoms with E-state index in [2.05, 4.69) is 17.4 Å². The summed E-state index contributed by atoms with van der Waals surface area (Å²) in [5.41, 5.74) is 3.34. The number of fused-ring (bicyclic) bond motifs is 1. The van der Waals surface area contributed by atoms with Crippen molar-refractivity contribution in [2.45, 2.75) is 38.0 Å². The molecule has 2 atom stereocenters. The fourth-order valence-electron chi connectivity index (χ4n) is 3.81. The average molecular weight is 380 g/mol. The van der Waals surface area contributed by atoms with Crippen molar-refractivity contribution in [1.82, 2.24) is 10.2 Å². The molecule has 2 aromatic rings. The van der Waals surface area contributed by atoms with Crippen LogP contribution in [0.15, 0.2) is 54.6 Å². The van der Waals surface area contributed by atoms with Crippen molar-refractivity contribution in [3.8, 4) is 0 Å². The molecule has 0 spiro atoms. The van der Waals surface area contributed by atoms with Crippen LogP contribution in [0.2, 0.25) is 0 Å². The van der Waals surface area contributed by atoms with Crippen molar-refractivity contribution in [1.29, 1.82) is 0 Å². The molecule has 1 saturated heterocycles. The number of rotatable bonds is 4. The third kappa shape index (κ3) is 4.02. The number of amides is 2.